The second kappa shape index (κ2) is 2.23. The number of oxazole rings is 1. The van der Waals surface area contributed by atoms with E-state index in [4.69, 9.17) is 16.6 Å². The van der Waals surface area contributed by atoms with Gasteiger partial charge < -0.3 is 14.3 Å². The highest BCUT2D eigenvalue weighted by Crippen LogP contribution is 2.17. The van der Waals surface area contributed by atoms with E-state index in [-0.39, 0.29) is 0 Å². The largest absolute Gasteiger partial charge is 0.430 e. The fourth-order valence-electron chi connectivity index (χ4n) is 1.12. The summed E-state index contributed by atoms with van der Waals surface area (Å²) in [5.41, 5.74) is 1.06. The zero-order chi connectivity index (χ0) is 7.84. The van der Waals surface area contributed by atoms with Gasteiger partial charge in [-0.15, -0.1) is 0 Å². The zero-order valence-corrected chi connectivity index (χ0v) is 6.94. The molecular weight excluding hydrogens is 160 g/mol. The number of fused-ring (bicyclic) bond motifs is 1. The molecule has 0 bridgehead atoms. The molecule has 4 heteroatoms. The summed E-state index contributed by atoms with van der Waals surface area (Å²) >= 11 is 4.84. The highest BCUT2D eigenvalue weighted by atomic mass is 32.1. The van der Waals surface area contributed by atoms with Gasteiger partial charge in [0.1, 0.15) is 0 Å². The van der Waals surface area contributed by atoms with Crippen molar-refractivity contribution < 1.29 is 4.42 Å². The molecule has 0 saturated heterocycles. The van der Waals surface area contributed by atoms with E-state index in [1.807, 2.05) is 19.3 Å². The molecule has 0 spiro atoms. The van der Waals surface area contributed by atoms with Gasteiger partial charge in [-0.2, -0.15) is 0 Å². The van der Waals surface area contributed by atoms with Crippen molar-refractivity contribution in [1.82, 2.24) is 9.88 Å². The summed E-state index contributed by atoms with van der Waals surface area (Å²) in [4.78, 5) is 5.49. The minimum Gasteiger partial charge on any atom is -0.430 e. The number of nitrogens with zero attached hydrogens (tertiary/aromatic N) is 1. The lowest BCUT2D eigenvalue weighted by atomic mass is 10.2. The van der Waals surface area contributed by atoms with Crippen LogP contribution >= 0.6 is 12.2 Å². The van der Waals surface area contributed by atoms with E-state index >= 15 is 0 Å². The van der Waals surface area contributed by atoms with Crippen LogP contribution in [0.4, 0.5) is 0 Å². The molecule has 1 N–H and O–H groups in total. The van der Waals surface area contributed by atoms with E-state index < -0.39 is 0 Å². The molecule has 58 valence electrons. The quantitative estimate of drug-likeness (QED) is 0.599. The summed E-state index contributed by atoms with van der Waals surface area (Å²) in [5, 5.41) is 0. The van der Waals surface area contributed by atoms with Crippen molar-refractivity contribution in [2.75, 3.05) is 7.05 Å². The predicted molar refractivity (Wildman–Crippen MR) is 44.4 cm³/mol. The van der Waals surface area contributed by atoms with Gasteiger partial charge >= 0.3 is 0 Å². The van der Waals surface area contributed by atoms with Gasteiger partial charge in [0.05, 0.1) is 12.2 Å². The van der Waals surface area contributed by atoms with E-state index in [0.717, 1.165) is 18.0 Å². The van der Waals surface area contributed by atoms with Crippen molar-refractivity contribution in [2.24, 2.45) is 0 Å². The maximum atomic E-state index is 5.20. The summed E-state index contributed by atoms with van der Waals surface area (Å²) in [5.74, 6) is 0.855. The first kappa shape index (κ1) is 6.67. The van der Waals surface area contributed by atoms with Crippen molar-refractivity contribution in [3.63, 3.8) is 0 Å². The van der Waals surface area contributed by atoms with Crippen molar-refractivity contribution in [2.45, 2.75) is 6.54 Å². The fourth-order valence-corrected chi connectivity index (χ4v) is 1.33. The third kappa shape index (κ3) is 1.09. The molecule has 0 saturated carbocycles. The normalized spacial score (nSPS) is 15.2. The highest BCUT2D eigenvalue weighted by Gasteiger charge is 2.10. The van der Waals surface area contributed by atoms with E-state index in [1.54, 1.807) is 0 Å². The lowest BCUT2D eigenvalue weighted by Gasteiger charge is -2.15. The summed E-state index contributed by atoms with van der Waals surface area (Å²) in [6, 6.07) is 0. The minimum atomic E-state index is 0.454. The molecule has 0 aromatic carbocycles. The third-order valence-electron chi connectivity index (χ3n) is 1.64. The Morgan fingerprint density at radius 1 is 1.73 bits per heavy atom. The maximum Gasteiger partial charge on any atom is 0.266 e. The number of nitrogens with one attached hydrogen (secondary N) is 1. The maximum absolute atomic E-state index is 5.20. The van der Waals surface area contributed by atoms with Crippen LogP contribution in [-0.4, -0.2) is 16.9 Å². The molecule has 0 fully saturated rings. The van der Waals surface area contributed by atoms with Gasteiger partial charge in [0.15, 0.2) is 5.76 Å². The smallest absolute Gasteiger partial charge is 0.266 e. The van der Waals surface area contributed by atoms with Gasteiger partial charge in [-0.25, -0.2) is 0 Å². The van der Waals surface area contributed by atoms with Crippen LogP contribution in [0.1, 0.15) is 11.5 Å². The van der Waals surface area contributed by atoms with Crippen LogP contribution in [0.2, 0.25) is 0 Å². The van der Waals surface area contributed by atoms with E-state index in [9.17, 15) is 0 Å². The molecule has 1 aromatic rings. The van der Waals surface area contributed by atoms with Gasteiger partial charge in [-0.3, -0.25) is 0 Å². The third-order valence-corrected chi connectivity index (χ3v) is 1.83. The topological polar surface area (TPSA) is 32.2 Å². The fraction of sp³-hybridized carbons (Fsp3) is 0.286. The number of aromatic nitrogens is 1. The molecule has 2 rings (SSSR count). The molecular formula is C7H8N2OS. The van der Waals surface area contributed by atoms with Gasteiger partial charge in [0, 0.05) is 13.2 Å². The van der Waals surface area contributed by atoms with Crippen LogP contribution in [0, 0.1) is 4.84 Å². The Kier molecular flexibility index (Phi) is 1.35. The number of aromatic amines is 1. The summed E-state index contributed by atoms with van der Waals surface area (Å²) in [7, 11) is 2.00. The second-order valence-electron chi connectivity index (χ2n) is 2.59. The number of hydrogen-bond acceptors (Lipinski definition) is 3. The van der Waals surface area contributed by atoms with Gasteiger partial charge in [-0.05, 0) is 18.3 Å². The first-order chi connectivity index (χ1) is 5.25. The molecule has 2 heterocycles. The molecule has 0 amide bonds. The Morgan fingerprint density at radius 3 is 3.36 bits per heavy atom. The van der Waals surface area contributed by atoms with Gasteiger partial charge in [0.25, 0.3) is 4.84 Å². The SMILES string of the molecule is CN1C=Cc2oc(=S)[nH]c2C1. The molecule has 1 aromatic heterocycles. The first-order valence-corrected chi connectivity index (χ1v) is 3.77. The Bertz CT molecular complexity index is 350. The lowest BCUT2D eigenvalue weighted by Crippen LogP contribution is -2.13. The summed E-state index contributed by atoms with van der Waals surface area (Å²) in [6.45, 7) is 0.839. The van der Waals surface area contributed by atoms with Gasteiger partial charge in [-0.1, -0.05) is 0 Å². The predicted octanol–water partition coefficient (Wildman–Crippen LogP) is 1.75. The molecule has 3 nitrogen and oxygen atoms in total. The van der Waals surface area contributed by atoms with E-state index in [0.29, 0.717) is 4.84 Å². The summed E-state index contributed by atoms with van der Waals surface area (Å²) in [6.07, 6.45) is 3.87. The van der Waals surface area contributed by atoms with Crippen LogP contribution in [0.3, 0.4) is 0 Å². The molecule has 0 radical (unpaired) electrons. The minimum absolute atomic E-state index is 0.454. The second-order valence-corrected chi connectivity index (χ2v) is 2.96. The van der Waals surface area contributed by atoms with Crippen LogP contribution in [0.15, 0.2) is 10.6 Å². The Morgan fingerprint density at radius 2 is 2.55 bits per heavy atom. The van der Waals surface area contributed by atoms with Gasteiger partial charge in [0.2, 0.25) is 0 Å². The van der Waals surface area contributed by atoms with Crippen LogP contribution < -0.4 is 0 Å². The summed E-state index contributed by atoms with van der Waals surface area (Å²) < 4.78 is 5.20. The van der Waals surface area contributed by atoms with Crippen LogP contribution in [-0.2, 0) is 6.54 Å². The lowest BCUT2D eigenvalue weighted by molar-refractivity contribution is 0.433. The molecule has 0 aliphatic carbocycles. The first-order valence-electron chi connectivity index (χ1n) is 3.36. The Hall–Kier alpha value is -1.03. The molecule has 0 unspecified atom stereocenters. The standard InChI is InChI=1S/C7H8N2OS/c1-9-3-2-6-5(4-9)8-7(11)10-6/h2-3H,4H2,1H3,(H,8,11). The average Bonchev–Trinajstić information content (AvgIpc) is 2.27. The van der Waals surface area contributed by atoms with Crippen LogP contribution in [0.25, 0.3) is 6.08 Å². The van der Waals surface area contributed by atoms with Crippen LogP contribution in [0.5, 0.6) is 0 Å². The number of H-pyrrole nitrogens is 1. The number of hydrogen-bond donors (Lipinski definition) is 1. The molecule has 0 atom stereocenters. The van der Waals surface area contributed by atoms with E-state index in [1.165, 1.54) is 0 Å². The Balaban J connectivity index is 2.52. The Labute approximate surface area is 69.3 Å². The van der Waals surface area contributed by atoms with Crippen molar-refractivity contribution >= 4 is 18.3 Å². The monoisotopic (exact) mass is 168 g/mol. The average molecular weight is 168 g/mol. The highest BCUT2D eigenvalue weighted by molar-refractivity contribution is 7.71. The molecule has 11 heavy (non-hydrogen) atoms. The molecule has 1 aliphatic rings. The molecule has 1 aliphatic heterocycles. The van der Waals surface area contributed by atoms with Crippen molar-refractivity contribution in [3.8, 4) is 0 Å². The van der Waals surface area contributed by atoms with Crippen molar-refractivity contribution in [1.29, 1.82) is 0 Å². The number of rotatable bonds is 0. The van der Waals surface area contributed by atoms with Crippen molar-refractivity contribution in [3.05, 3.63) is 22.5 Å². The van der Waals surface area contributed by atoms with E-state index in [2.05, 4.69) is 9.88 Å². The zero-order valence-electron chi connectivity index (χ0n) is 6.13.